The molecule has 0 fully saturated rings. The summed E-state index contributed by atoms with van der Waals surface area (Å²) in [6, 6.07) is 2.89. The van der Waals surface area contributed by atoms with Gasteiger partial charge in [0.25, 0.3) is 5.91 Å². The zero-order chi connectivity index (χ0) is 15.9. The second-order valence-electron chi connectivity index (χ2n) is 4.71. The molecule has 8 nitrogen and oxygen atoms in total. The third-order valence-corrected chi connectivity index (χ3v) is 3.49. The predicted octanol–water partition coefficient (Wildman–Crippen LogP) is 0.840. The zero-order valence-electron chi connectivity index (χ0n) is 11.4. The van der Waals surface area contributed by atoms with Crippen LogP contribution in [0.25, 0.3) is 0 Å². The van der Waals surface area contributed by atoms with E-state index in [1.807, 2.05) is 6.92 Å². The van der Waals surface area contributed by atoms with Gasteiger partial charge in [0.2, 0.25) is 0 Å². The number of pyridine rings is 1. The van der Waals surface area contributed by atoms with E-state index in [1.54, 1.807) is 10.7 Å². The van der Waals surface area contributed by atoms with Gasteiger partial charge in [-0.15, -0.1) is 0 Å². The van der Waals surface area contributed by atoms with Gasteiger partial charge in [-0.05, 0) is 13.0 Å². The molecule has 0 radical (unpaired) electrons. The van der Waals surface area contributed by atoms with Crippen molar-refractivity contribution in [2.75, 3.05) is 11.4 Å². The summed E-state index contributed by atoms with van der Waals surface area (Å²) in [6.07, 6.45) is 2.26. The van der Waals surface area contributed by atoms with Crippen LogP contribution in [-0.2, 0) is 17.0 Å². The fourth-order valence-electron chi connectivity index (χ4n) is 2.28. The van der Waals surface area contributed by atoms with Crippen LogP contribution in [0.1, 0.15) is 16.1 Å². The molecule has 0 bridgehead atoms. The Morgan fingerprint density at radius 1 is 1.32 bits per heavy atom. The highest BCUT2D eigenvalue weighted by molar-refractivity contribution is 7.81. The highest BCUT2D eigenvalue weighted by Crippen LogP contribution is 2.25. The molecule has 3 rings (SSSR count). The highest BCUT2D eigenvalue weighted by atomic mass is 32.3. The lowest BCUT2D eigenvalue weighted by molar-refractivity contribution is 0.0988. The number of halogens is 1. The van der Waals surface area contributed by atoms with Gasteiger partial charge in [0.1, 0.15) is 5.82 Å². The monoisotopic (exact) mass is 326 g/mol. The number of rotatable bonds is 3. The third-order valence-electron chi connectivity index (χ3n) is 3.09. The van der Waals surface area contributed by atoms with Crippen molar-refractivity contribution in [2.45, 2.75) is 13.5 Å². The van der Waals surface area contributed by atoms with Crippen LogP contribution in [0.5, 0.6) is 5.75 Å². The van der Waals surface area contributed by atoms with Crippen molar-refractivity contribution in [3.8, 4) is 5.75 Å². The summed E-state index contributed by atoms with van der Waals surface area (Å²) in [5.41, 5.74) is 0.875. The minimum Gasteiger partial charge on any atom is -0.357 e. The summed E-state index contributed by atoms with van der Waals surface area (Å²) in [4.78, 5) is 17.7. The molecule has 1 amide bonds. The quantitative estimate of drug-likeness (QED) is 0.776. The predicted molar refractivity (Wildman–Crippen MR) is 73.5 cm³/mol. The number of aryl methyl sites for hydroxylation is 1. The van der Waals surface area contributed by atoms with Crippen LogP contribution < -0.4 is 9.08 Å². The number of fused-ring (bicyclic) bond motifs is 1. The molecule has 0 spiro atoms. The number of hydrogen-bond donors (Lipinski definition) is 0. The van der Waals surface area contributed by atoms with Crippen LogP contribution in [0.2, 0.25) is 0 Å². The second-order valence-corrected chi connectivity index (χ2v) is 5.66. The molecule has 116 valence electrons. The SMILES string of the molecule is Cc1cc2n(n1)CCN2C(=O)c1cncc(OS(=O)(=O)F)c1. The van der Waals surface area contributed by atoms with Gasteiger partial charge in [-0.3, -0.25) is 14.7 Å². The summed E-state index contributed by atoms with van der Waals surface area (Å²) < 4.78 is 39.3. The van der Waals surface area contributed by atoms with Gasteiger partial charge >= 0.3 is 10.5 Å². The van der Waals surface area contributed by atoms with E-state index in [2.05, 4.69) is 14.3 Å². The number of hydrogen-bond acceptors (Lipinski definition) is 6. The third kappa shape index (κ3) is 2.77. The average Bonchev–Trinajstić information content (AvgIpc) is 2.95. The molecular formula is C12H11FN4O4S. The molecule has 0 saturated heterocycles. The Morgan fingerprint density at radius 2 is 2.09 bits per heavy atom. The van der Waals surface area contributed by atoms with Gasteiger partial charge in [0, 0.05) is 18.8 Å². The summed E-state index contributed by atoms with van der Waals surface area (Å²) in [7, 11) is -5.16. The van der Waals surface area contributed by atoms with E-state index in [4.69, 9.17) is 0 Å². The minimum absolute atomic E-state index is 0.0912. The smallest absolute Gasteiger partial charge is 0.357 e. The highest BCUT2D eigenvalue weighted by Gasteiger charge is 2.27. The number of carbonyl (C=O) groups excluding carboxylic acids is 1. The maximum absolute atomic E-state index is 12.5. The molecule has 0 saturated carbocycles. The molecule has 2 aromatic heterocycles. The van der Waals surface area contributed by atoms with Gasteiger partial charge in [0.05, 0.1) is 24.0 Å². The molecule has 0 aromatic carbocycles. The van der Waals surface area contributed by atoms with Crippen molar-refractivity contribution in [3.63, 3.8) is 0 Å². The number of nitrogens with zero attached hydrogens (tertiary/aromatic N) is 4. The molecule has 1 aliphatic rings. The van der Waals surface area contributed by atoms with Crippen molar-refractivity contribution in [2.24, 2.45) is 0 Å². The molecule has 0 atom stereocenters. The molecule has 0 aliphatic carbocycles. The van der Waals surface area contributed by atoms with Crippen LogP contribution in [0, 0.1) is 6.92 Å². The largest absolute Gasteiger partial charge is 0.488 e. The molecule has 1 aliphatic heterocycles. The van der Waals surface area contributed by atoms with Gasteiger partial charge in [-0.1, -0.05) is 3.89 Å². The number of anilines is 1. The van der Waals surface area contributed by atoms with Crippen molar-refractivity contribution in [1.82, 2.24) is 14.8 Å². The summed E-state index contributed by atoms with van der Waals surface area (Å²) in [6.45, 7) is 2.82. The first kappa shape index (κ1) is 14.4. The average molecular weight is 326 g/mol. The molecule has 3 heterocycles. The lowest BCUT2D eigenvalue weighted by Crippen LogP contribution is -2.29. The van der Waals surface area contributed by atoms with Gasteiger partial charge in [-0.25, -0.2) is 4.68 Å². The Balaban J connectivity index is 1.89. The molecule has 22 heavy (non-hydrogen) atoms. The van der Waals surface area contributed by atoms with E-state index >= 15 is 0 Å². The lowest BCUT2D eigenvalue weighted by atomic mass is 10.2. The first-order valence-electron chi connectivity index (χ1n) is 6.29. The Bertz CT molecular complexity index is 849. The Hall–Kier alpha value is -2.49. The fraction of sp³-hybridized carbons (Fsp3) is 0.250. The first-order chi connectivity index (χ1) is 10.3. The van der Waals surface area contributed by atoms with Crippen molar-refractivity contribution in [3.05, 3.63) is 35.8 Å². The molecule has 2 aromatic rings. The van der Waals surface area contributed by atoms with E-state index in [0.717, 1.165) is 18.0 Å². The number of carbonyl (C=O) groups is 1. The Morgan fingerprint density at radius 3 is 2.82 bits per heavy atom. The van der Waals surface area contributed by atoms with Crippen molar-refractivity contribution < 1.29 is 21.3 Å². The summed E-state index contributed by atoms with van der Waals surface area (Å²) in [5.74, 6) is -0.114. The van der Waals surface area contributed by atoms with Gasteiger partial charge in [-0.2, -0.15) is 13.5 Å². The second kappa shape index (κ2) is 5.05. The number of aromatic nitrogens is 3. The normalized spacial score (nSPS) is 14.0. The minimum atomic E-state index is -5.16. The fourth-order valence-corrected chi connectivity index (χ4v) is 2.60. The standard InChI is InChI=1S/C12H11FN4O4S/c1-8-4-11-16(2-3-17(11)15-8)12(18)9-5-10(7-14-6-9)21-22(13,19)20/h4-7H,2-3H2,1H3. The maximum atomic E-state index is 12.5. The Labute approximate surface area is 125 Å². The van der Waals surface area contributed by atoms with Crippen LogP contribution in [0.15, 0.2) is 24.5 Å². The summed E-state index contributed by atoms with van der Waals surface area (Å²) >= 11 is 0. The molecular weight excluding hydrogens is 315 g/mol. The number of amides is 1. The van der Waals surface area contributed by atoms with Crippen molar-refractivity contribution in [1.29, 1.82) is 0 Å². The summed E-state index contributed by atoms with van der Waals surface area (Å²) in [5, 5.41) is 4.24. The van der Waals surface area contributed by atoms with E-state index < -0.39 is 16.4 Å². The Kier molecular flexibility index (Phi) is 3.32. The maximum Gasteiger partial charge on any atom is 0.488 e. The van der Waals surface area contributed by atoms with Crippen LogP contribution in [0.3, 0.4) is 0 Å². The van der Waals surface area contributed by atoms with Gasteiger partial charge in [0.15, 0.2) is 5.75 Å². The molecule has 0 unspecified atom stereocenters. The van der Waals surface area contributed by atoms with E-state index in [0.29, 0.717) is 18.9 Å². The lowest BCUT2D eigenvalue weighted by Gasteiger charge is -2.14. The molecule has 0 N–H and O–H groups in total. The first-order valence-corrected chi connectivity index (χ1v) is 7.60. The van der Waals surface area contributed by atoms with Crippen LogP contribution in [-0.4, -0.2) is 35.6 Å². The molecule has 10 heteroatoms. The topological polar surface area (TPSA) is 94.4 Å². The van der Waals surface area contributed by atoms with Crippen LogP contribution in [0.4, 0.5) is 9.70 Å². The van der Waals surface area contributed by atoms with Crippen molar-refractivity contribution >= 4 is 22.2 Å². The van der Waals surface area contributed by atoms with E-state index in [1.165, 1.54) is 11.1 Å². The zero-order valence-corrected chi connectivity index (χ0v) is 12.2. The van der Waals surface area contributed by atoms with Gasteiger partial charge < -0.3 is 4.18 Å². The van der Waals surface area contributed by atoms with E-state index in [9.17, 15) is 17.1 Å². The van der Waals surface area contributed by atoms with E-state index in [-0.39, 0.29) is 11.3 Å². The van der Waals surface area contributed by atoms with Crippen LogP contribution >= 0.6 is 0 Å².